The van der Waals surface area contributed by atoms with Gasteiger partial charge < -0.3 is 9.64 Å². The van der Waals surface area contributed by atoms with Gasteiger partial charge in [-0.2, -0.15) is 4.31 Å². The molecule has 0 bridgehead atoms. The standard InChI is InChI=1S/C21H25N3O4S/c1-13-10-16(28-5)11-14(2)18(13)29(26,27)23-8-9-24-20(25)17-7-6-15(3)22-19(17)21(24,4)12-23/h6-7,10-11H,8-9,12H2,1-5H3. The Hall–Kier alpha value is -2.45. The van der Waals surface area contributed by atoms with E-state index in [2.05, 4.69) is 4.98 Å². The van der Waals surface area contributed by atoms with E-state index in [-0.39, 0.29) is 19.0 Å². The van der Waals surface area contributed by atoms with Crippen LogP contribution in [0.4, 0.5) is 0 Å². The molecule has 1 atom stereocenters. The second kappa shape index (κ2) is 6.53. The molecule has 1 aromatic carbocycles. The lowest BCUT2D eigenvalue weighted by Crippen LogP contribution is -2.58. The molecule has 1 unspecified atom stereocenters. The zero-order valence-corrected chi connectivity index (χ0v) is 18.1. The second-order valence-corrected chi connectivity index (χ2v) is 9.88. The van der Waals surface area contributed by atoms with E-state index in [1.54, 1.807) is 44.1 Å². The molecule has 3 heterocycles. The topological polar surface area (TPSA) is 79.8 Å². The number of benzene rings is 1. The highest BCUT2D eigenvalue weighted by molar-refractivity contribution is 7.89. The number of aromatic nitrogens is 1. The van der Waals surface area contributed by atoms with E-state index in [9.17, 15) is 13.2 Å². The van der Waals surface area contributed by atoms with Crippen molar-refractivity contribution >= 4 is 15.9 Å². The predicted octanol–water partition coefficient (Wildman–Crippen LogP) is 2.39. The molecule has 2 aliphatic rings. The Balaban J connectivity index is 1.77. The first kappa shape index (κ1) is 19.8. The number of methoxy groups -OCH3 is 1. The molecule has 154 valence electrons. The van der Waals surface area contributed by atoms with Crippen LogP contribution in [0.25, 0.3) is 0 Å². The number of sulfonamides is 1. The van der Waals surface area contributed by atoms with E-state index < -0.39 is 15.6 Å². The van der Waals surface area contributed by atoms with Gasteiger partial charge >= 0.3 is 0 Å². The Morgan fingerprint density at radius 2 is 1.76 bits per heavy atom. The lowest BCUT2D eigenvalue weighted by molar-refractivity contribution is 0.0365. The van der Waals surface area contributed by atoms with Gasteiger partial charge in [-0.1, -0.05) is 0 Å². The number of nitrogens with zero attached hydrogens (tertiary/aromatic N) is 3. The number of carbonyl (C=O) groups is 1. The van der Waals surface area contributed by atoms with E-state index in [4.69, 9.17) is 4.74 Å². The zero-order chi connectivity index (χ0) is 21.1. The first-order valence-electron chi connectivity index (χ1n) is 9.55. The highest BCUT2D eigenvalue weighted by Gasteiger charge is 2.52. The van der Waals surface area contributed by atoms with E-state index >= 15 is 0 Å². The van der Waals surface area contributed by atoms with E-state index in [1.165, 1.54) is 4.31 Å². The molecule has 29 heavy (non-hydrogen) atoms. The van der Waals surface area contributed by atoms with Crippen molar-refractivity contribution in [2.45, 2.75) is 38.1 Å². The molecule has 1 amide bonds. The van der Waals surface area contributed by atoms with Crippen LogP contribution in [-0.4, -0.2) is 55.3 Å². The molecule has 0 saturated carbocycles. The summed E-state index contributed by atoms with van der Waals surface area (Å²) in [6, 6.07) is 7.08. The van der Waals surface area contributed by atoms with Gasteiger partial charge in [0.2, 0.25) is 10.0 Å². The highest BCUT2D eigenvalue weighted by atomic mass is 32.2. The van der Waals surface area contributed by atoms with Crippen LogP contribution < -0.4 is 4.74 Å². The Kier molecular flexibility index (Phi) is 4.47. The third-order valence-electron chi connectivity index (χ3n) is 5.94. The Bertz CT molecular complexity index is 1110. The number of piperazine rings is 1. The summed E-state index contributed by atoms with van der Waals surface area (Å²) in [7, 11) is -2.18. The molecular formula is C21H25N3O4S. The SMILES string of the molecule is COc1cc(C)c(S(=O)(=O)N2CCN3C(=O)c4ccc(C)nc4C3(C)C2)c(C)c1. The molecule has 0 aliphatic carbocycles. The average Bonchev–Trinajstić information content (AvgIpc) is 2.87. The normalized spacial score (nSPS) is 21.8. The summed E-state index contributed by atoms with van der Waals surface area (Å²) >= 11 is 0. The van der Waals surface area contributed by atoms with Crippen LogP contribution in [0.2, 0.25) is 0 Å². The van der Waals surface area contributed by atoms with Crippen molar-refractivity contribution in [2.75, 3.05) is 26.7 Å². The van der Waals surface area contributed by atoms with Crippen LogP contribution in [0.5, 0.6) is 5.75 Å². The molecule has 7 nitrogen and oxygen atoms in total. The van der Waals surface area contributed by atoms with Gasteiger partial charge in [0.05, 0.1) is 28.8 Å². The van der Waals surface area contributed by atoms with Crippen molar-refractivity contribution in [2.24, 2.45) is 0 Å². The molecule has 1 aromatic heterocycles. The van der Waals surface area contributed by atoms with Crippen molar-refractivity contribution < 1.29 is 17.9 Å². The van der Waals surface area contributed by atoms with Gasteiger partial charge in [-0.15, -0.1) is 0 Å². The van der Waals surface area contributed by atoms with Crippen molar-refractivity contribution in [1.82, 2.24) is 14.2 Å². The average molecular weight is 416 g/mol. The lowest BCUT2D eigenvalue weighted by Gasteiger charge is -2.44. The maximum atomic E-state index is 13.6. The Morgan fingerprint density at radius 3 is 2.38 bits per heavy atom. The van der Waals surface area contributed by atoms with E-state index in [0.29, 0.717) is 39.6 Å². The fraction of sp³-hybridized carbons (Fsp3) is 0.429. The third-order valence-corrected chi connectivity index (χ3v) is 8.09. The maximum Gasteiger partial charge on any atom is 0.256 e. The van der Waals surface area contributed by atoms with Gasteiger partial charge in [0.25, 0.3) is 5.91 Å². The summed E-state index contributed by atoms with van der Waals surface area (Å²) in [6.45, 7) is 8.09. The first-order valence-corrected chi connectivity index (χ1v) is 11.0. The van der Waals surface area contributed by atoms with Crippen LogP contribution in [0, 0.1) is 20.8 Å². The van der Waals surface area contributed by atoms with E-state index in [0.717, 1.165) is 5.69 Å². The zero-order valence-electron chi connectivity index (χ0n) is 17.3. The van der Waals surface area contributed by atoms with Crippen molar-refractivity contribution in [3.8, 4) is 5.75 Å². The minimum absolute atomic E-state index is 0.0798. The van der Waals surface area contributed by atoms with Crippen LogP contribution >= 0.6 is 0 Å². The van der Waals surface area contributed by atoms with Crippen LogP contribution in [0.3, 0.4) is 0 Å². The number of rotatable bonds is 3. The van der Waals surface area contributed by atoms with Crippen LogP contribution in [0.1, 0.15) is 39.8 Å². The summed E-state index contributed by atoms with van der Waals surface area (Å²) < 4.78 is 33.9. The molecule has 0 spiro atoms. The molecule has 4 rings (SSSR count). The number of fused-ring (bicyclic) bond motifs is 3. The Labute approximate surface area is 171 Å². The summed E-state index contributed by atoms with van der Waals surface area (Å²) in [6.07, 6.45) is 0. The fourth-order valence-electron chi connectivity index (χ4n) is 4.55. The number of hydrogen-bond acceptors (Lipinski definition) is 5. The lowest BCUT2D eigenvalue weighted by atomic mass is 9.95. The minimum atomic E-state index is -3.74. The monoisotopic (exact) mass is 415 g/mol. The molecular weight excluding hydrogens is 390 g/mol. The molecule has 2 aliphatic heterocycles. The van der Waals surface area contributed by atoms with Crippen molar-refractivity contribution in [3.63, 3.8) is 0 Å². The predicted molar refractivity (Wildman–Crippen MR) is 109 cm³/mol. The fourth-order valence-corrected chi connectivity index (χ4v) is 6.48. The number of pyridine rings is 1. The molecule has 0 radical (unpaired) electrons. The van der Waals surface area contributed by atoms with Gasteiger partial charge in [0.15, 0.2) is 0 Å². The summed E-state index contributed by atoms with van der Waals surface area (Å²) in [5, 5.41) is 0. The maximum absolute atomic E-state index is 13.6. The first-order chi connectivity index (χ1) is 13.6. The molecule has 0 N–H and O–H groups in total. The van der Waals surface area contributed by atoms with Crippen LogP contribution in [-0.2, 0) is 15.6 Å². The molecule has 1 saturated heterocycles. The third kappa shape index (κ3) is 2.85. The molecule has 8 heteroatoms. The van der Waals surface area contributed by atoms with Gasteiger partial charge in [0.1, 0.15) is 5.75 Å². The molecule has 1 fully saturated rings. The summed E-state index contributed by atoms with van der Waals surface area (Å²) in [5.74, 6) is 0.551. The summed E-state index contributed by atoms with van der Waals surface area (Å²) in [5.41, 5.74) is 2.54. The quantitative estimate of drug-likeness (QED) is 0.769. The Morgan fingerprint density at radius 1 is 1.10 bits per heavy atom. The van der Waals surface area contributed by atoms with Crippen molar-refractivity contribution in [1.29, 1.82) is 0 Å². The number of hydrogen-bond donors (Lipinski definition) is 0. The second-order valence-electron chi connectivity index (χ2n) is 8.01. The molecule has 2 aromatic rings. The smallest absolute Gasteiger partial charge is 0.256 e. The van der Waals surface area contributed by atoms with Crippen molar-refractivity contribution in [3.05, 3.63) is 52.3 Å². The number of aryl methyl sites for hydroxylation is 3. The van der Waals surface area contributed by atoms with Gasteiger partial charge in [-0.3, -0.25) is 9.78 Å². The highest BCUT2D eigenvalue weighted by Crippen LogP contribution is 2.42. The number of ether oxygens (including phenoxy) is 1. The largest absolute Gasteiger partial charge is 0.497 e. The van der Waals surface area contributed by atoms with Crippen LogP contribution in [0.15, 0.2) is 29.2 Å². The number of amides is 1. The van der Waals surface area contributed by atoms with Gasteiger partial charge in [-0.25, -0.2) is 8.42 Å². The summed E-state index contributed by atoms with van der Waals surface area (Å²) in [4.78, 5) is 19.5. The van der Waals surface area contributed by atoms with Gasteiger partial charge in [-0.05, 0) is 63.1 Å². The van der Waals surface area contributed by atoms with Gasteiger partial charge in [0, 0.05) is 25.3 Å². The minimum Gasteiger partial charge on any atom is -0.497 e. The number of carbonyl (C=O) groups excluding carboxylic acids is 1. The van der Waals surface area contributed by atoms with E-state index in [1.807, 2.05) is 19.9 Å².